The van der Waals surface area contributed by atoms with Crippen molar-refractivity contribution >= 4 is 43.5 Å². The number of sulfonamides is 1. The van der Waals surface area contributed by atoms with Gasteiger partial charge >= 0.3 is 0 Å². The minimum atomic E-state index is -3.50. The lowest BCUT2D eigenvalue weighted by Crippen LogP contribution is -2.52. The molecule has 0 aromatic heterocycles. The minimum Gasteiger partial charge on any atom is -0.350 e. The van der Waals surface area contributed by atoms with Gasteiger partial charge in [0, 0.05) is 29.5 Å². The number of anilines is 1. The number of halogens is 1. The minimum absolute atomic E-state index is 0.111. The third-order valence-corrected chi connectivity index (χ3v) is 6.79. The van der Waals surface area contributed by atoms with Crippen LogP contribution in [0.25, 0.3) is 0 Å². The van der Waals surface area contributed by atoms with Crippen LogP contribution in [0.15, 0.2) is 59.1 Å². The van der Waals surface area contributed by atoms with Gasteiger partial charge < -0.3 is 10.2 Å². The average molecular weight is 553 g/mol. The number of nitrogens with one attached hydrogen (secondary N) is 1. The quantitative estimate of drug-likeness (QED) is 0.476. The van der Waals surface area contributed by atoms with Crippen molar-refractivity contribution in [2.45, 2.75) is 58.7 Å². The Kier molecular flexibility index (Phi) is 9.70. The van der Waals surface area contributed by atoms with Gasteiger partial charge in [-0.1, -0.05) is 46.3 Å². The lowest BCUT2D eigenvalue weighted by molar-refractivity contribution is -0.141. The van der Waals surface area contributed by atoms with E-state index in [2.05, 4.69) is 21.2 Å². The summed E-state index contributed by atoms with van der Waals surface area (Å²) in [5, 5.41) is 2.94. The highest BCUT2D eigenvalue weighted by atomic mass is 79.9. The lowest BCUT2D eigenvalue weighted by atomic mass is 10.1. The molecule has 9 heteroatoms. The Labute approximate surface area is 211 Å². The fourth-order valence-electron chi connectivity index (χ4n) is 3.49. The van der Waals surface area contributed by atoms with Crippen LogP contribution in [0, 0.1) is 0 Å². The molecule has 0 unspecified atom stereocenters. The molecule has 0 aliphatic heterocycles. The molecule has 0 aliphatic rings. The van der Waals surface area contributed by atoms with Crippen LogP contribution in [-0.2, 0) is 26.2 Å². The van der Waals surface area contributed by atoms with Crippen LogP contribution in [0.3, 0.4) is 0 Å². The molecule has 1 atom stereocenters. The van der Waals surface area contributed by atoms with E-state index in [9.17, 15) is 18.0 Å². The van der Waals surface area contributed by atoms with Crippen LogP contribution >= 0.6 is 15.9 Å². The summed E-state index contributed by atoms with van der Waals surface area (Å²) in [6.45, 7) is 7.82. The first-order valence-corrected chi connectivity index (χ1v) is 13.8. The van der Waals surface area contributed by atoms with Gasteiger partial charge in [0.25, 0.3) is 0 Å². The smallest absolute Gasteiger partial charge is 0.242 e. The summed E-state index contributed by atoms with van der Waals surface area (Å²) in [5.41, 5.74) is 1.02. The molecular formula is C25H34BrN3O4S. The molecule has 34 heavy (non-hydrogen) atoms. The molecule has 2 rings (SSSR count). The number of benzene rings is 2. The molecule has 0 heterocycles. The van der Waals surface area contributed by atoms with Gasteiger partial charge in [-0.05, 0) is 63.9 Å². The second-order valence-corrected chi connectivity index (χ2v) is 12.2. The van der Waals surface area contributed by atoms with Gasteiger partial charge in [0.05, 0.1) is 11.9 Å². The van der Waals surface area contributed by atoms with Crippen LogP contribution in [0.1, 0.15) is 46.1 Å². The molecular weight excluding hydrogens is 518 g/mol. The van der Waals surface area contributed by atoms with Crippen molar-refractivity contribution in [1.29, 1.82) is 0 Å². The van der Waals surface area contributed by atoms with Crippen LogP contribution in [0.5, 0.6) is 0 Å². The van der Waals surface area contributed by atoms with Crippen molar-refractivity contribution in [3.8, 4) is 0 Å². The number of hydrogen-bond acceptors (Lipinski definition) is 4. The monoisotopic (exact) mass is 551 g/mol. The number of carbonyl (C=O) groups excluding carboxylic acids is 2. The highest BCUT2D eigenvalue weighted by Gasteiger charge is 2.28. The van der Waals surface area contributed by atoms with Crippen LogP contribution in [0.2, 0.25) is 0 Å². The third-order valence-electron chi connectivity index (χ3n) is 5.10. The summed E-state index contributed by atoms with van der Waals surface area (Å²) in [4.78, 5) is 27.7. The molecule has 0 fully saturated rings. The van der Waals surface area contributed by atoms with Crippen molar-refractivity contribution in [1.82, 2.24) is 10.2 Å². The largest absolute Gasteiger partial charge is 0.350 e. The van der Waals surface area contributed by atoms with E-state index in [1.807, 2.05) is 51.1 Å². The highest BCUT2D eigenvalue weighted by molar-refractivity contribution is 9.10. The zero-order valence-electron chi connectivity index (χ0n) is 20.4. The van der Waals surface area contributed by atoms with Gasteiger partial charge in [-0.15, -0.1) is 0 Å². The van der Waals surface area contributed by atoms with E-state index in [4.69, 9.17) is 0 Å². The SMILES string of the molecule is C[C@H](C(=O)NC(C)(C)C)N(Cc1cccc(Br)c1)C(=O)CCCN(c1ccccc1)S(C)(=O)=O. The summed E-state index contributed by atoms with van der Waals surface area (Å²) in [7, 11) is -3.50. The van der Waals surface area contributed by atoms with E-state index in [-0.39, 0.29) is 31.3 Å². The molecule has 2 amide bonds. The number of hydrogen-bond donors (Lipinski definition) is 1. The first kappa shape index (κ1) is 27.9. The van der Waals surface area contributed by atoms with Crippen LogP contribution < -0.4 is 9.62 Å². The van der Waals surface area contributed by atoms with Gasteiger partial charge in [0.2, 0.25) is 21.8 Å². The number of amides is 2. The van der Waals surface area contributed by atoms with E-state index >= 15 is 0 Å². The first-order valence-electron chi connectivity index (χ1n) is 11.2. The normalized spacial score (nSPS) is 12.6. The molecule has 2 aromatic carbocycles. The summed E-state index contributed by atoms with van der Waals surface area (Å²) in [6.07, 6.45) is 1.59. The summed E-state index contributed by atoms with van der Waals surface area (Å²) in [6, 6.07) is 15.7. The van der Waals surface area contributed by atoms with Gasteiger partial charge in [0.15, 0.2) is 0 Å². The molecule has 0 aliphatic carbocycles. The van der Waals surface area contributed by atoms with Crippen LogP contribution in [0.4, 0.5) is 5.69 Å². The van der Waals surface area contributed by atoms with E-state index < -0.39 is 21.6 Å². The van der Waals surface area contributed by atoms with Gasteiger partial charge in [0.1, 0.15) is 6.04 Å². The maximum atomic E-state index is 13.3. The van der Waals surface area contributed by atoms with Crippen molar-refractivity contribution < 1.29 is 18.0 Å². The van der Waals surface area contributed by atoms with Gasteiger partial charge in [-0.25, -0.2) is 8.42 Å². The Morgan fingerprint density at radius 2 is 1.71 bits per heavy atom. The second kappa shape index (κ2) is 11.8. The van der Waals surface area contributed by atoms with E-state index in [0.29, 0.717) is 12.1 Å². The molecule has 0 spiro atoms. The van der Waals surface area contributed by atoms with E-state index in [1.54, 1.807) is 36.1 Å². The number of nitrogens with zero attached hydrogens (tertiary/aromatic N) is 2. The predicted molar refractivity (Wildman–Crippen MR) is 140 cm³/mol. The van der Waals surface area contributed by atoms with E-state index in [0.717, 1.165) is 16.3 Å². The molecule has 7 nitrogen and oxygen atoms in total. The molecule has 0 saturated carbocycles. The standard InChI is InChI=1S/C25H34BrN3O4S/c1-19(24(31)27-25(2,3)4)28(18-20-11-9-12-21(26)17-20)23(30)15-10-16-29(34(5,32)33)22-13-7-6-8-14-22/h6-9,11-14,17,19H,10,15-16,18H2,1-5H3,(H,27,31)/t19-/m1/s1. The Balaban J connectivity index is 2.17. The molecule has 0 radical (unpaired) electrons. The first-order chi connectivity index (χ1) is 15.8. The Hall–Kier alpha value is -2.39. The molecule has 2 aromatic rings. The number of para-hydroxylation sites is 1. The summed E-state index contributed by atoms with van der Waals surface area (Å²) >= 11 is 3.45. The molecule has 0 bridgehead atoms. The van der Waals surface area contributed by atoms with Gasteiger partial charge in [-0.3, -0.25) is 13.9 Å². The molecule has 186 valence electrons. The van der Waals surface area contributed by atoms with Crippen molar-refractivity contribution in [2.24, 2.45) is 0 Å². The Morgan fingerprint density at radius 3 is 2.26 bits per heavy atom. The fourth-order valence-corrected chi connectivity index (χ4v) is 4.90. The second-order valence-electron chi connectivity index (χ2n) is 9.34. The Bertz CT molecular complexity index is 1080. The third kappa shape index (κ3) is 8.76. The summed E-state index contributed by atoms with van der Waals surface area (Å²) < 4.78 is 26.8. The zero-order chi connectivity index (χ0) is 25.5. The fraction of sp³-hybridized carbons (Fsp3) is 0.440. The molecule has 0 saturated heterocycles. The predicted octanol–water partition coefficient (Wildman–Crippen LogP) is 4.33. The zero-order valence-corrected chi connectivity index (χ0v) is 22.8. The maximum Gasteiger partial charge on any atom is 0.242 e. The van der Waals surface area contributed by atoms with E-state index in [1.165, 1.54) is 4.31 Å². The number of rotatable bonds is 10. The number of carbonyl (C=O) groups is 2. The maximum absolute atomic E-state index is 13.3. The van der Waals surface area contributed by atoms with Gasteiger partial charge in [-0.2, -0.15) is 0 Å². The van der Waals surface area contributed by atoms with Crippen molar-refractivity contribution in [3.05, 3.63) is 64.6 Å². The van der Waals surface area contributed by atoms with Crippen molar-refractivity contribution in [3.63, 3.8) is 0 Å². The average Bonchev–Trinajstić information content (AvgIpc) is 2.73. The topological polar surface area (TPSA) is 86.8 Å². The highest BCUT2D eigenvalue weighted by Crippen LogP contribution is 2.19. The summed E-state index contributed by atoms with van der Waals surface area (Å²) in [5.74, 6) is -0.448. The van der Waals surface area contributed by atoms with Crippen molar-refractivity contribution in [2.75, 3.05) is 17.1 Å². The molecule has 1 N–H and O–H groups in total. The Morgan fingerprint density at radius 1 is 1.06 bits per heavy atom. The lowest BCUT2D eigenvalue weighted by Gasteiger charge is -2.32. The van der Waals surface area contributed by atoms with Crippen LogP contribution in [-0.4, -0.2) is 49.5 Å².